The number of rotatable bonds is 0. The van der Waals surface area contributed by atoms with Crippen LogP contribution in [0, 0.1) is 5.80 Å². The molecule has 1 radical (unpaired) electrons. The number of hydrogen-bond donors (Lipinski definition) is 1. The van der Waals surface area contributed by atoms with E-state index in [9.17, 15) is 0 Å². The van der Waals surface area contributed by atoms with Crippen molar-refractivity contribution >= 4 is 19.3 Å². The van der Waals surface area contributed by atoms with Crippen molar-refractivity contribution in [1.29, 1.82) is 0 Å². The number of hydrogen-bond acceptors (Lipinski definition) is 0. The second-order valence-corrected chi connectivity index (χ2v) is 2.55. The smallest absolute Gasteiger partial charge is 0.0499 e. The van der Waals surface area contributed by atoms with E-state index < -0.39 is 0 Å². The highest BCUT2D eigenvalue weighted by Gasteiger charge is 1.88. The summed E-state index contributed by atoms with van der Waals surface area (Å²) < 4.78 is 3.16. The zero-order chi connectivity index (χ0) is 6.10. The quantitative estimate of drug-likeness (QED) is 0.569. The molecule has 2 aromatic rings. The van der Waals surface area contributed by atoms with E-state index >= 15 is 0 Å². The molecular weight excluding hydrogens is 129 g/mol. The monoisotopic (exact) mass is 134 g/mol. The average molecular weight is 134 g/mol. The van der Waals surface area contributed by atoms with Crippen molar-refractivity contribution in [3.05, 3.63) is 30.1 Å². The van der Waals surface area contributed by atoms with E-state index in [2.05, 4.69) is 22.7 Å². The van der Waals surface area contributed by atoms with Crippen molar-refractivity contribution in [1.82, 2.24) is 4.75 Å². The molecule has 2 heteroatoms. The largest absolute Gasteiger partial charge is 0.337 e. The molecule has 0 saturated carbocycles. The number of nitrogens with one attached hydrogen (secondary N) is 1. The van der Waals surface area contributed by atoms with Crippen molar-refractivity contribution in [2.24, 2.45) is 0 Å². The fourth-order valence-electron chi connectivity index (χ4n) is 0.827. The summed E-state index contributed by atoms with van der Waals surface area (Å²) in [7, 11) is 1.07. The van der Waals surface area contributed by atoms with Gasteiger partial charge in [-0.1, -0.05) is 18.2 Å². The van der Waals surface area contributed by atoms with Gasteiger partial charge in [0.25, 0.3) is 0 Å². The maximum absolute atomic E-state index is 3.16. The van der Waals surface area contributed by atoms with Gasteiger partial charge in [0.05, 0.1) is 0 Å². The van der Waals surface area contributed by atoms with Crippen molar-refractivity contribution < 1.29 is 0 Å². The fraction of sp³-hybridized carbons (Fsp3) is 0. The normalized spacial score (nSPS) is 11.1. The highest BCUT2D eigenvalue weighted by Crippen LogP contribution is 2.15. The summed E-state index contributed by atoms with van der Waals surface area (Å²) in [6.45, 7) is 0. The van der Waals surface area contributed by atoms with Crippen LogP contribution in [-0.2, 0) is 0 Å². The Balaban J connectivity index is 2.95. The Bertz CT molecular complexity index is 283. The van der Waals surface area contributed by atoms with Crippen molar-refractivity contribution in [3.8, 4) is 0 Å². The van der Waals surface area contributed by atoms with E-state index in [-0.39, 0.29) is 0 Å². The molecule has 0 bridgehead atoms. The van der Waals surface area contributed by atoms with Gasteiger partial charge in [0.15, 0.2) is 0 Å². The van der Waals surface area contributed by atoms with Crippen molar-refractivity contribution in [3.63, 3.8) is 0 Å². The lowest BCUT2D eigenvalue weighted by atomic mass is 10.3. The lowest BCUT2D eigenvalue weighted by Crippen LogP contribution is -1.61. The maximum Gasteiger partial charge on any atom is 0.0499 e. The summed E-state index contributed by atoms with van der Waals surface area (Å²) in [6, 6.07) is 8.16. The number of aromatic nitrogens is 1. The van der Waals surface area contributed by atoms with Crippen molar-refractivity contribution in [2.75, 3.05) is 0 Å². The van der Waals surface area contributed by atoms with E-state index in [1.165, 1.54) is 10.9 Å². The number of fused-ring (bicyclic) bond motifs is 1. The summed E-state index contributed by atoms with van der Waals surface area (Å²) in [5.41, 5.74) is 1.19. The zero-order valence-electron chi connectivity index (χ0n) is 4.76. The first-order valence-corrected chi connectivity index (χ1v) is 3.67. The first-order valence-electron chi connectivity index (χ1n) is 2.77. The van der Waals surface area contributed by atoms with Crippen LogP contribution in [0.5, 0.6) is 0 Å². The van der Waals surface area contributed by atoms with Gasteiger partial charge in [-0.3, -0.25) is 0 Å². The second-order valence-electron chi connectivity index (χ2n) is 1.88. The Morgan fingerprint density at radius 3 is 3.11 bits per heavy atom. The third-order valence-electron chi connectivity index (χ3n) is 1.28. The van der Waals surface area contributed by atoms with E-state index in [1.807, 2.05) is 12.1 Å². The van der Waals surface area contributed by atoms with Gasteiger partial charge < -0.3 is 4.75 Å². The Morgan fingerprint density at radius 2 is 2.22 bits per heavy atom. The molecule has 2 rings (SSSR count). The first kappa shape index (κ1) is 5.01. The predicted octanol–water partition coefficient (Wildman–Crippen LogP) is 2.55. The molecule has 1 aromatic carbocycles. The molecule has 1 heterocycles. The van der Waals surface area contributed by atoms with Crippen molar-refractivity contribution in [2.45, 2.75) is 0 Å². The van der Waals surface area contributed by atoms with Gasteiger partial charge >= 0.3 is 0 Å². The molecule has 0 unspecified atom stereocenters. The first-order chi connectivity index (χ1) is 4.47. The summed E-state index contributed by atoms with van der Waals surface area (Å²) in [6.07, 6.45) is 0. The Kier molecular flexibility index (Phi) is 1.03. The molecule has 0 saturated heterocycles. The molecular formula is C7H5NP. The van der Waals surface area contributed by atoms with Crippen LogP contribution in [0.1, 0.15) is 0 Å². The van der Waals surface area contributed by atoms with Crippen LogP contribution in [0.3, 0.4) is 0 Å². The van der Waals surface area contributed by atoms with E-state index in [0.717, 1.165) is 8.35 Å². The highest BCUT2D eigenvalue weighted by atomic mass is 31.0. The molecule has 9 heavy (non-hydrogen) atoms. The Hall–Kier alpha value is -0.810. The predicted molar refractivity (Wildman–Crippen MR) is 39.6 cm³/mol. The number of H-pyrrole nitrogens is 1. The maximum atomic E-state index is 3.16. The molecule has 0 spiro atoms. The van der Waals surface area contributed by atoms with Crippen LogP contribution >= 0.6 is 8.35 Å². The van der Waals surface area contributed by atoms with Crippen LogP contribution in [0.15, 0.2) is 24.3 Å². The van der Waals surface area contributed by atoms with Gasteiger partial charge in [0.1, 0.15) is 0 Å². The van der Waals surface area contributed by atoms with Crippen LogP contribution in [0.2, 0.25) is 0 Å². The molecule has 0 aliphatic rings. The number of para-hydroxylation sites is 1. The minimum absolute atomic E-state index is 1.07. The topological polar surface area (TPSA) is 15.8 Å². The molecule has 43 valence electrons. The SMILES string of the molecule is [c]1p[nH]c2ccccc12. The van der Waals surface area contributed by atoms with Crippen LogP contribution in [0.4, 0.5) is 0 Å². The van der Waals surface area contributed by atoms with E-state index in [4.69, 9.17) is 0 Å². The minimum Gasteiger partial charge on any atom is -0.337 e. The Morgan fingerprint density at radius 1 is 1.33 bits per heavy atom. The van der Waals surface area contributed by atoms with Gasteiger partial charge in [-0.15, -0.1) is 0 Å². The molecule has 0 amide bonds. The molecule has 0 atom stereocenters. The fourth-order valence-corrected chi connectivity index (χ4v) is 1.51. The second kappa shape index (κ2) is 1.85. The highest BCUT2D eigenvalue weighted by molar-refractivity contribution is 7.25. The van der Waals surface area contributed by atoms with E-state index in [1.54, 1.807) is 0 Å². The van der Waals surface area contributed by atoms with Gasteiger partial charge in [0.2, 0.25) is 0 Å². The van der Waals surface area contributed by atoms with E-state index in [0.29, 0.717) is 0 Å². The lowest BCUT2D eigenvalue weighted by molar-refractivity contribution is 1.67. The number of aromatic amines is 1. The standard InChI is InChI=1S/C7H5NP/c1-2-4-7-6(3-1)5-9-8-7/h1-4,8H. The molecule has 0 aliphatic carbocycles. The van der Waals surface area contributed by atoms with Gasteiger partial charge in [-0.25, -0.2) is 0 Å². The lowest BCUT2D eigenvalue weighted by Gasteiger charge is -1.82. The third-order valence-corrected chi connectivity index (χ3v) is 1.99. The Labute approximate surface area is 54.9 Å². The third kappa shape index (κ3) is 0.739. The molecule has 1 aromatic heterocycles. The minimum atomic E-state index is 1.07. The molecule has 0 fully saturated rings. The summed E-state index contributed by atoms with van der Waals surface area (Å²) in [5.74, 6) is 3.16. The molecule has 1 nitrogen and oxygen atoms in total. The van der Waals surface area contributed by atoms with Crippen LogP contribution < -0.4 is 0 Å². The zero-order valence-corrected chi connectivity index (χ0v) is 5.65. The summed E-state index contributed by atoms with van der Waals surface area (Å²) in [4.78, 5) is 0. The summed E-state index contributed by atoms with van der Waals surface area (Å²) >= 11 is 0. The molecule has 0 aliphatic heterocycles. The van der Waals surface area contributed by atoms with Crippen LogP contribution in [0.25, 0.3) is 10.9 Å². The average Bonchev–Trinajstić information content (AvgIpc) is 2.33. The summed E-state index contributed by atoms with van der Waals surface area (Å²) in [5, 5.41) is 1.19. The van der Waals surface area contributed by atoms with Gasteiger partial charge in [-0.05, 0) is 6.07 Å². The van der Waals surface area contributed by atoms with Crippen LogP contribution in [-0.4, -0.2) is 4.75 Å². The van der Waals surface area contributed by atoms with Gasteiger partial charge in [-0.2, -0.15) is 0 Å². The van der Waals surface area contributed by atoms with Gasteiger partial charge in [0, 0.05) is 25.1 Å². The number of benzene rings is 1. The molecule has 1 N–H and O–H groups in total.